The molecule has 1 aliphatic rings. The van der Waals surface area contributed by atoms with Crippen LogP contribution in [0.15, 0.2) is 48.5 Å². The van der Waals surface area contributed by atoms with Gasteiger partial charge in [-0.15, -0.1) is 0 Å². The van der Waals surface area contributed by atoms with E-state index in [0.717, 1.165) is 29.7 Å². The van der Waals surface area contributed by atoms with Gasteiger partial charge in [0.15, 0.2) is 0 Å². The van der Waals surface area contributed by atoms with Gasteiger partial charge in [0.05, 0.1) is 7.11 Å². The molecule has 0 aliphatic heterocycles. The van der Waals surface area contributed by atoms with E-state index in [-0.39, 0.29) is 11.7 Å². The zero-order valence-electron chi connectivity index (χ0n) is 13.9. The van der Waals surface area contributed by atoms with E-state index in [1.807, 2.05) is 29.2 Å². The molecule has 24 heavy (non-hydrogen) atoms. The Bertz CT molecular complexity index is 695. The number of benzene rings is 2. The minimum atomic E-state index is -0.249. The molecule has 2 aromatic rings. The first kappa shape index (κ1) is 16.5. The van der Waals surface area contributed by atoms with Crippen LogP contribution >= 0.6 is 0 Å². The van der Waals surface area contributed by atoms with E-state index in [2.05, 4.69) is 0 Å². The Balaban J connectivity index is 1.61. The lowest BCUT2D eigenvalue weighted by molar-refractivity contribution is -0.132. The van der Waals surface area contributed by atoms with Crippen LogP contribution in [-0.4, -0.2) is 24.0 Å². The van der Waals surface area contributed by atoms with Gasteiger partial charge in [0.25, 0.3) is 0 Å². The monoisotopic (exact) mass is 327 g/mol. The quantitative estimate of drug-likeness (QED) is 0.770. The van der Waals surface area contributed by atoms with Crippen molar-refractivity contribution in [1.82, 2.24) is 4.90 Å². The molecular weight excluding hydrogens is 305 g/mol. The number of amides is 1. The summed E-state index contributed by atoms with van der Waals surface area (Å²) in [6, 6.07) is 14.5. The van der Waals surface area contributed by atoms with Crippen LogP contribution in [0, 0.1) is 5.82 Å². The molecule has 2 aromatic carbocycles. The number of rotatable bonds is 7. The molecule has 3 nitrogen and oxygen atoms in total. The summed E-state index contributed by atoms with van der Waals surface area (Å²) >= 11 is 0. The Morgan fingerprint density at radius 3 is 2.58 bits per heavy atom. The van der Waals surface area contributed by atoms with Crippen LogP contribution in [0.5, 0.6) is 5.75 Å². The van der Waals surface area contributed by atoms with Crippen molar-refractivity contribution >= 4 is 5.91 Å². The lowest BCUT2D eigenvalue weighted by Crippen LogP contribution is -2.32. The van der Waals surface area contributed by atoms with Crippen molar-refractivity contribution in [3.8, 4) is 5.75 Å². The minimum Gasteiger partial charge on any atom is -0.497 e. The number of halogens is 1. The van der Waals surface area contributed by atoms with Crippen molar-refractivity contribution in [2.45, 2.75) is 38.3 Å². The largest absolute Gasteiger partial charge is 0.497 e. The van der Waals surface area contributed by atoms with E-state index in [9.17, 15) is 9.18 Å². The van der Waals surface area contributed by atoms with Gasteiger partial charge in [0.2, 0.25) is 5.91 Å². The average molecular weight is 327 g/mol. The zero-order chi connectivity index (χ0) is 16.9. The van der Waals surface area contributed by atoms with Gasteiger partial charge in [0, 0.05) is 19.0 Å². The number of aryl methyl sites for hydroxylation is 1. The number of nitrogens with zero attached hydrogens (tertiary/aromatic N) is 1. The van der Waals surface area contributed by atoms with Gasteiger partial charge >= 0.3 is 0 Å². The average Bonchev–Trinajstić information content (AvgIpc) is 3.44. The second-order valence-electron chi connectivity index (χ2n) is 6.23. The predicted octanol–water partition coefficient (Wildman–Crippen LogP) is 3.96. The molecule has 1 aliphatic carbocycles. The summed E-state index contributed by atoms with van der Waals surface area (Å²) in [5.74, 6) is 0.719. The van der Waals surface area contributed by atoms with Crippen molar-refractivity contribution in [2.75, 3.05) is 7.11 Å². The highest BCUT2D eigenvalue weighted by molar-refractivity contribution is 5.77. The number of hydrogen-bond donors (Lipinski definition) is 0. The third-order valence-electron chi connectivity index (χ3n) is 4.34. The van der Waals surface area contributed by atoms with Crippen molar-refractivity contribution in [1.29, 1.82) is 0 Å². The van der Waals surface area contributed by atoms with Crippen LogP contribution in [-0.2, 0) is 17.8 Å². The van der Waals surface area contributed by atoms with Gasteiger partial charge in [-0.05, 0) is 54.7 Å². The predicted molar refractivity (Wildman–Crippen MR) is 91.3 cm³/mol. The fourth-order valence-electron chi connectivity index (χ4n) is 2.82. The minimum absolute atomic E-state index is 0.157. The third-order valence-corrected chi connectivity index (χ3v) is 4.34. The number of methoxy groups -OCH3 is 1. The lowest BCUT2D eigenvalue weighted by Gasteiger charge is -2.22. The van der Waals surface area contributed by atoms with Crippen molar-refractivity contribution in [3.63, 3.8) is 0 Å². The van der Waals surface area contributed by atoms with Gasteiger partial charge in [-0.1, -0.05) is 24.3 Å². The maximum absolute atomic E-state index is 13.0. The Morgan fingerprint density at radius 2 is 1.92 bits per heavy atom. The fraction of sp³-hybridized carbons (Fsp3) is 0.350. The molecule has 0 aromatic heterocycles. The van der Waals surface area contributed by atoms with Crippen LogP contribution in [0.1, 0.15) is 30.4 Å². The first-order valence-corrected chi connectivity index (χ1v) is 8.32. The molecule has 4 heteroatoms. The van der Waals surface area contributed by atoms with Gasteiger partial charge in [-0.2, -0.15) is 0 Å². The van der Waals surface area contributed by atoms with E-state index < -0.39 is 0 Å². The summed E-state index contributed by atoms with van der Waals surface area (Å²) in [4.78, 5) is 14.6. The molecule has 1 amide bonds. The maximum atomic E-state index is 13.0. The normalized spacial score (nSPS) is 13.6. The molecule has 0 atom stereocenters. The second-order valence-corrected chi connectivity index (χ2v) is 6.23. The Kier molecular flexibility index (Phi) is 5.14. The summed E-state index contributed by atoms with van der Waals surface area (Å²) in [6.07, 6.45) is 3.30. The lowest BCUT2D eigenvalue weighted by atomic mass is 10.1. The Labute approximate surface area is 142 Å². The molecule has 0 bridgehead atoms. The van der Waals surface area contributed by atoms with Crippen LogP contribution in [0.25, 0.3) is 0 Å². The van der Waals surface area contributed by atoms with Gasteiger partial charge in [-0.25, -0.2) is 4.39 Å². The highest BCUT2D eigenvalue weighted by Crippen LogP contribution is 2.29. The number of ether oxygens (including phenoxy) is 1. The van der Waals surface area contributed by atoms with Crippen LogP contribution in [0.4, 0.5) is 4.39 Å². The van der Waals surface area contributed by atoms with Gasteiger partial charge < -0.3 is 9.64 Å². The van der Waals surface area contributed by atoms with E-state index >= 15 is 0 Å². The molecule has 1 fully saturated rings. The number of carbonyl (C=O) groups excluding carboxylic acids is 1. The molecule has 1 saturated carbocycles. The van der Waals surface area contributed by atoms with E-state index in [0.29, 0.717) is 25.4 Å². The molecule has 0 spiro atoms. The summed E-state index contributed by atoms with van der Waals surface area (Å²) in [7, 11) is 1.64. The first-order valence-electron chi connectivity index (χ1n) is 8.32. The van der Waals surface area contributed by atoms with Crippen LogP contribution in [0.3, 0.4) is 0 Å². The molecule has 0 unspecified atom stereocenters. The highest BCUT2D eigenvalue weighted by Gasteiger charge is 2.32. The number of hydrogen-bond acceptors (Lipinski definition) is 2. The summed E-state index contributed by atoms with van der Waals surface area (Å²) in [5, 5.41) is 0. The summed E-state index contributed by atoms with van der Waals surface area (Å²) < 4.78 is 18.3. The Morgan fingerprint density at radius 1 is 1.17 bits per heavy atom. The van der Waals surface area contributed by atoms with Gasteiger partial charge in [0.1, 0.15) is 11.6 Å². The van der Waals surface area contributed by atoms with Gasteiger partial charge in [-0.3, -0.25) is 4.79 Å². The summed E-state index contributed by atoms with van der Waals surface area (Å²) in [5.41, 5.74) is 2.07. The SMILES string of the molecule is COc1cccc(CCC(=O)N(Cc2ccc(F)cc2)C2CC2)c1. The van der Waals surface area contributed by atoms with Crippen molar-refractivity contribution < 1.29 is 13.9 Å². The Hall–Kier alpha value is -2.36. The van der Waals surface area contributed by atoms with Crippen molar-refractivity contribution in [2.24, 2.45) is 0 Å². The smallest absolute Gasteiger partial charge is 0.223 e. The second kappa shape index (κ2) is 7.47. The molecule has 126 valence electrons. The van der Waals surface area contributed by atoms with Crippen molar-refractivity contribution in [3.05, 3.63) is 65.5 Å². The maximum Gasteiger partial charge on any atom is 0.223 e. The molecule has 0 radical (unpaired) electrons. The standard InChI is InChI=1S/C20H22FNO2/c1-24-19-4-2-3-15(13-19)7-12-20(23)22(18-10-11-18)14-16-5-8-17(21)9-6-16/h2-6,8-9,13,18H,7,10-12,14H2,1H3. The fourth-order valence-corrected chi connectivity index (χ4v) is 2.82. The molecule has 3 rings (SSSR count). The van der Waals surface area contributed by atoms with E-state index in [4.69, 9.17) is 4.74 Å². The highest BCUT2D eigenvalue weighted by atomic mass is 19.1. The first-order chi connectivity index (χ1) is 11.7. The van der Waals surface area contributed by atoms with E-state index in [1.165, 1.54) is 12.1 Å². The number of carbonyl (C=O) groups is 1. The van der Waals surface area contributed by atoms with Crippen LogP contribution < -0.4 is 4.74 Å². The zero-order valence-corrected chi connectivity index (χ0v) is 13.9. The molecule has 0 heterocycles. The van der Waals surface area contributed by atoms with Crippen LogP contribution in [0.2, 0.25) is 0 Å². The van der Waals surface area contributed by atoms with E-state index in [1.54, 1.807) is 19.2 Å². The molecular formula is C20H22FNO2. The molecule has 0 saturated heterocycles. The molecule has 0 N–H and O–H groups in total. The third kappa shape index (κ3) is 4.34. The summed E-state index contributed by atoms with van der Waals surface area (Å²) in [6.45, 7) is 0.557. The topological polar surface area (TPSA) is 29.5 Å².